The third-order valence-electron chi connectivity index (χ3n) is 3.36. The second kappa shape index (κ2) is 9.22. The first-order valence-corrected chi connectivity index (χ1v) is 9.83. The number of carbonyl (C=O) groups is 1. The Morgan fingerprint density at radius 2 is 2.17 bits per heavy atom. The lowest BCUT2D eigenvalue weighted by Gasteiger charge is -2.08. The number of rotatable bonds is 7. The van der Waals surface area contributed by atoms with Crippen LogP contribution in [0.15, 0.2) is 34.2 Å². The van der Waals surface area contributed by atoms with Crippen LogP contribution in [0.2, 0.25) is 0 Å². The quantitative estimate of drug-likeness (QED) is 0.377. The molecule has 0 unspecified atom stereocenters. The fourth-order valence-electron chi connectivity index (χ4n) is 2.13. The number of aromatic amines is 1. The van der Waals surface area contributed by atoms with E-state index < -0.39 is 0 Å². The van der Waals surface area contributed by atoms with E-state index in [1.165, 1.54) is 17.8 Å². The number of unbranched alkanes of at least 4 members (excludes halogenated alkanes) is 1. The molecule has 0 fully saturated rings. The third kappa shape index (κ3) is 5.94. The van der Waals surface area contributed by atoms with Crippen LogP contribution in [0.5, 0.6) is 0 Å². The third-order valence-corrected chi connectivity index (χ3v) is 4.91. The van der Waals surface area contributed by atoms with Gasteiger partial charge in [0, 0.05) is 21.0 Å². The summed E-state index contributed by atoms with van der Waals surface area (Å²) in [6, 6.07) is 7.38. The van der Waals surface area contributed by atoms with Crippen molar-refractivity contribution in [2.45, 2.75) is 38.3 Å². The summed E-state index contributed by atoms with van der Waals surface area (Å²) in [5.41, 5.74) is 2.43. The second-order valence-corrected chi connectivity index (χ2v) is 7.65. The van der Waals surface area contributed by atoms with E-state index in [1.54, 1.807) is 0 Å². The number of benzene rings is 1. The number of aryl methyl sites for hydroxylation is 2. The zero-order valence-electron chi connectivity index (χ0n) is 13.7. The van der Waals surface area contributed by atoms with Crippen molar-refractivity contribution < 1.29 is 4.79 Å². The molecule has 0 radical (unpaired) electrons. The van der Waals surface area contributed by atoms with Gasteiger partial charge in [-0.25, -0.2) is 4.98 Å². The highest BCUT2D eigenvalue weighted by Gasteiger charge is 2.08. The van der Waals surface area contributed by atoms with Crippen molar-refractivity contribution >= 4 is 45.9 Å². The van der Waals surface area contributed by atoms with E-state index in [0.29, 0.717) is 5.16 Å². The average molecular weight is 457 g/mol. The van der Waals surface area contributed by atoms with E-state index in [9.17, 15) is 9.59 Å². The maximum atomic E-state index is 12.1. The van der Waals surface area contributed by atoms with Crippen molar-refractivity contribution in [1.82, 2.24) is 9.97 Å². The first-order chi connectivity index (χ1) is 11.5. The largest absolute Gasteiger partial charge is 0.325 e. The number of nitrogens with zero attached hydrogens (tertiary/aromatic N) is 1. The SMILES string of the molecule is CCCCc1cc(=O)[nH]c(SCC(=O)Nc2ccc(I)cc2C)n1. The minimum Gasteiger partial charge on any atom is -0.325 e. The van der Waals surface area contributed by atoms with E-state index in [4.69, 9.17) is 0 Å². The van der Waals surface area contributed by atoms with Crippen molar-refractivity contribution in [1.29, 1.82) is 0 Å². The molecule has 1 heterocycles. The van der Waals surface area contributed by atoms with E-state index in [0.717, 1.165) is 39.8 Å². The Morgan fingerprint density at radius 3 is 2.88 bits per heavy atom. The fraction of sp³-hybridized carbons (Fsp3) is 0.353. The number of halogens is 1. The highest BCUT2D eigenvalue weighted by atomic mass is 127. The van der Waals surface area contributed by atoms with Crippen LogP contribution in [0, 0.1) is 10.5 Å². The molecular weight excluding hydrogens is 437 g/mol. The number of hydrogen-bond acceptors (Lipinski definition) is 4. The van der Waals surface area contributed by atoms with Gasteiger partial charge in [-0.05, 0) is 66.1 Å². The zero-order chi connectivity index (χ0) is 17.5. The normalized spacial score (nSPS) is 10.6. The van der Waals surface area contributed by atoms with Crippen LogP contribution in [0.1, 0.15) is 31.0 Å². The van der Waals surface area contributed by atoms with E-state index in [2.05, 4.69) is 44.8 Å². The smallest absolute Gasteiger partial charge is 0.251 e. The number of H-pyrrole nitrogens is 1. The first-order valence-electron chi connectivity index (χ1n) is 7.77. The molecule has 2 N–H and O–H groups in total. The standard InChI is InChI=1S/C17H20IN3O2S/c1-3-4-5-13-9-15(22)21-17(19-13)24-10-16(23)20-14-7-6-12(18)8-11(14)2/h6-9H,3-5,10H2,1-2H3,(H,20,23)(H,19,21,22). The van der Waals surface area contributed by atoms with Gasteiger partial charge in [-0.2, -0.15) is 0 Å². The summed E-state index contributed by atoms with van der Waals surface area (Å²) in [4.78, 5) is 30.9. The molecule has 0 aliphatic heterocycles. The molecule has 7 heteroatoms. The Kier molecular flexibility index (Phi) is 7.29. The van der Waals surface area contributed by atoms with Crippen LogP contribution >= 0.6 is 34.4 Å². The highest BCUT2D eigenvalue weighted by molar-refractivity contribution is 14.1. The summed E-state index contributed by atoms with van der Waals surface area (Å²) in [5, 5.41) is 3.38. The van der Waals surface area contributed by atoms with Crippen LogP contribution in [-0.2, 0) is 11.2 Å². The van der Waals surface area contributed by atoms with Crippen LogP contribution < -0.4 is 10.9 Å². The molecule has 2 rings (SSSR count). The van der Waals surface area contributed by atoms with Gasteiger partial charge in [-0.15, -0.1) is 0 Å². The lowest BCUT2D eigenvalue weighted by Crippen LogP contribution is -2.16. The van der Waals surface area contributed by atoms with Gasteiger partial charge in [-0.3, -0.25) is 9.59 Å². The number of anilines is 1. The Labute approximate surface area is 159 Å². The fourth-order valence-corrected chi connectivity index (χ4v) is 3.47. The number of nitrogens with one attached hydrogen (secondary N) is 2. The molecule has 1 aromatic carbocycles. The Hall–Kier alpha value is -1.35. The summed E-state index contributed by atoms with van der Waals surface area (Å²) in [6.07, 6.45) is 2.82. The van der Waals surface area contributed by atoms with Gasteiger partial charge in [-0.1, -0.05) is 25.1 Å². The van der Waals surface area contributed by atoms with E-state index in [-0.39, 0.29) is 17.2 Å². The first kappa shape index (κ1) is 19.0. The van der Waals surface area contributed by atoms with Crippen molar-refractivity contribution in [3.63, 3.8) is 0 Å². The van der Waals surface area contributed by atoms with Gasteiger partial charge in [0.05, 0.1) is 5.75 Å². The van der Waals surface area contributed by atoms with Crippen molar-refractivity contribution in [2.75, 3.05) is 11.1 Å². The van der Waals surface area contributed by atoms with Crippen LogP contribution in [-0.4, -0.2) is 21.6 Å². The van der Waals surface area contributed by atoms with Gasteiger partial charge in [0.1, 0.15) is 0 Å². The monoisotopic (exact) mass is 457 g/mol. The molecule has 0 aliphatic carbocycles. The minimum atomic E-state index is -0.174. The zero-order valence-corrected chi connectivity index (χ0v) is 16.7. The van der Waals surface area contributed by atoms with E-state index >= 15 is 0 Å². The molecule has 0 atom stereocenters. The molecule has 1 aromatic heterocycles. The number of aromatic nitrogens is 2. The molecule has 5 nitrogen and oxygen atoms in total. The van der Waals surface area contributed by atoms with Gasteiger partial charge in [0.2, 0.25) is 5.91 Å². The maximum Gasteiger partial charge on any atom is 0.251 e. The Balaban J connectivity index is 1.96. The maximum absolute atomic E-state index is 12.1. The summed E-state index contributed by atoms with van der Waals surface area (Å²) >= 11 is 3.48. The predicted molar refractivity (Wildman–Crippen MR) is 107 cm³/mol. The molecule has 2 aromatic rings. The Morgan fingerprint density at radius 1 is 1.38 bits per heavy atom. The van der Waals surface area contributed by atoms with Crippen molar-refractivity contribution in [2.24, 2.45) is 0 Å². The van der Waals surface area contributed by atoms with Crippen LogP contribution in [0.25, 0.3) is 0 Å². The molecule has 24 heavy (non-hydrogen) atoms. The van der Waals surface area contributed by atoms with Crippen LogP contribution in [0.3, 0.4) is 0 Å². The lowest BCUT2D eigenvalue weighted by atomic mass is 10.2. The van der Waals surface area contributed by atoms with Crippen molar-refractivity contribution in [3.8, 4) is 0 Å². The van der Waals surface area contributed by atoms with E-state index in [1.807, 2.05) is 25.1 Å². The molecular formula is C17H20IN3O2S. The summed E-state index contributed by atoms with van der Waals surface area (Å²) in [5.74, 6) is 0.0805. The predicted octanol–water partition coefficient (Wildman–Crippen LogP) is 3.76. The average Bonchev–Trinajstić information content (AvgIpc) is 2.53. The molecule has 0 aliphatic rings. The summed E-state index contributed by atoms with van der Waals surface area (Å²) in [6.45, 7) is 4.06. The molecule has 0 bridgehead atoms. The second-order valence-electron chi connectivity index (χ2n) is 5.44. The topological polar surface area (TPSA) is 74.8 Å². The van der Waals surface area contributed by atoms with Gasteiger partial charge < -0.3 is 10.3 Å². The number of hydrogen-bond donors (Lipinski definition) is 2. The highest BCUT2D eigenvalue weighted by Crippen LogP contribution is 2.19. The van der Waals surface area contributed by atoms with Crippen molar-refractivity contribution in [3.05, 3.63) is 49.4 Å². The molecule has 1 amide bonds. The lowest BCUT2D eigenvalue weighted by molar-refractivity contribution is -0.113. The molecule has 0 saturated heterocycles. The van der Waals surface area contributed by atoms with Crippen LogP contribution in [0.4, 0.5) is 5.69 Å². The summed E-state index contributed by atoms with van der Waals surface area (Å²) < 4.78 is 1.13. The molecule has 0 saturated carbocycles. The summed E-state index contributed by atoms with van der Waals surface area (Å²) in [7, 11) is 0. The Bertz CT molecular complexity index is 777. The van der Waals surface area contributed by atoms with Gasteiger partial charge >= 0.3 is 0 Å². The number of carbonyl (C=O) groups excluding carboxylic acids is 1. The number of amides is 1. The number of thioether (sulfide) groups is 1. The molecule has 128 valence electrons. The minimum absolute atomic E-state index is 0.120. The van der Waals surface area contributed by atoms with Gasteiger partial charge in [0.25, 0.3) is 5.56 Å². The van der Waals surface area contributed by atoms with Gasteiger partial charge in [0.15, 0.2) is 5.16 Å². The molecule has 0 spiro atoms.